The van der Waals surface area contributed by atoms with E-state index in [1.807, 2.05) is 32.0 Å². The molecule has 0 aliphatic carbocycles. The summed E-state index contributed by atoms with van der Waals surface area (Å²) in [5.74, 6) is -0.178. The Morgan fingerprint density at radius 1 is 1.10 bits per heavy atom. The van der Waals surface area contributed by atoms with Crippen molar-refractivity contribution in [3.05, 3.63) is 69.8 Å². The monoisotopic (exact) mass is 298 g/mol. The summed E-state index contributed by atoms with van der Waals surface area (Å²) in [4.78, 5) is 13.1. The van der Waals surface area contributed by atoms with Crippen LogP contribution < -0.4 is 0 Å². The van der Waals surface area contributed by atoms with Crippen molar-refractivity contribution < 1.29 is 9.18 Å². The molecule has 0 saturated carbocycles. The van der Waals surface area contributed by atoms with Gasteiger partial charge in [0.25, 0.3) is 0 Å². The summed E-state index contributed by atoms with van der Waals surface area (Å²) in [7, 11) is 0. The number of aryl methyl sites for hydroxylation is 2. The molecule has 0 radical (unpaired) electrons. The second-order valence-corrected chi connectivity index (χ2v) is 6.41. The summed E-state index contributed by atoms with van der Waals surface area (Å²) < 4.78 is 14.0. The molecule has 0 fully saturated rings. The van der Waals surface area contributed by atoms with Crippen molar-refractivity contribution in [3.8, 4) is 0 Å². The van der Waals surface area contributed by atoms with E-state index in [2.05, 4.69) is 6.07 Å². The molecule has 0 bridgehead atoms. The number of carbonyl (C=O) groups excluding carboxylic acids is 1. The van der Waals surface area contributed by atoms with Crippen molar-refractivity contribution >= 4 is 27.2 Å². The molecule has 3 rings (SSSR count). The number of carbonyl (C=O) groups is 1. The lowest BCUT2D eigenvalue weighted by molar-refractivity contribution is 0.0996. The number of hydrogen-bond acceptors (Lipinski definition) is 2. The van der Waals surface area contributed by atoms with Crippen molar-refractivity contribution in [1.29, 1.82) is 0 Å². The first-order valence-electron chi connectivity index (χ1n) is 6.81. The first kappa shape index (κ1) is 14.0. The molecule has 0 aliphatic rings. The molecule has 3 heteroatoms. The van der Waals surface area contributed by atoms with Crippen molar-refractivity contribution in [2.45, 2.75) is 20.3 Å². The van der Waals surface area contributed by atoms with Gasteiger partial charge < -0.3 is 0 Å². The average molecular weight is 298 g/mol. The standard InChI is InChI=1S/C18H15FOS/c1-11-3-4-12(2)14(7-11)8-16(20)18-9-13-5-6-15(19)10-17(13)21-18/h3-7,9-10H,8H2,1-2H3. The van der Waals surface area contributed by atoms with Crippen LogP contribution in [0.4, 0.5) is 4.39 Å². The molecule has 0 aliphatic heterocycles. The fourth-order valence-electron chi connectivity index (χ4n) is 2.39. The van der Waals surface area contributed by atoms with Crippen LogP contribution in [0.5, 0.6) is 0 Å². The molecule has 0 N–H and O–H groups in total. The highest BCUT2D eigenvalue weighted by molar-refractivity contribution is 7.20. The Bertz CT molecular complexity index is 832. The number of hydrogen-bond donors (Lipinski definition) is 0. The zero-order chi connectivity index (χ0) is 15.0. The van der Waals surface area contributed by atoms with Crippen molar-refractivity contribution in [1.82, 2.24) is 0 Å². The third-order valence-electron chi connectivity index (χ3n) is 3.61. The Hall–Kier alpha value is -2.00. The Morgan fingerprint density at radius 2 is 1.90 bits per heavy atom. The van der Waals surface area contributed by atoms with E-state index in [0.717, 1.165) is 26.8 Å². The second kappa shape index (κ2) is 5.41. The highest BCUT2D eigenvalue weighted by Gasteiger charge is 2.13. The molecule has 1 aromatic heterocycles. The topological polar surface area (TPSA) is 17.1 Å². The Labute approximate surface area is 127 Å². The van der Waals surface area contributed by atoms with E-state index in [1.165, 1.54) is 23.5 Å². The van der Waals surface area contributed by atoms with Crippen LogP contribution >= 0.6 is 11.3 Å². The molecule has 2 aromatic carbocycles. The van der Waals surface area contributed by atoms with Gasteiger partial charge in [-0.15, -0.1) is 11.3 Å². The van der Waals surface area contributed by atoms with Crippen LogP contribution in [-0.2, 0) is 6.42 Å². The number of thiophene rings is 1. The number of halogens is 1. The molecule has 1 heterocycles. The van der Waals surface area contributed by atoms with Gasteiger partial charge in [0.15, 0.2) is 5.78 Å². The van der Waals surface area contributed by atoms with Crippen LogP contribution in [-0.4, -0.2) is 5.78 Å². The maximum atomic E-state index is 13.2. The fraction of sp³-hybridized carbons (Fsp3) is 0.167. The lowest BCUT2D eigenvalue weighted by Crippen LogP contribution is -2.03. The summed E-state index contributed by atoms with van der Waals surface area (Å²) in [6, 6.07) is 12.6. The number of ketones is 1. The molecule has 21 heavy (non-hydrogen) atoms. The van der Waals surface area contributed by atoms with Crippen LogP contribution in [0.15, 0.2) is 42.5 Å². The van der Waals surface area contributed by atoms with Crippen molar-refractivity contribution in [2.24, 2.45) is 0 Å². The molecule has 106 valence electrons. The molecule has 0 saturated heterocycles. The van der Waals surface area contributed by atoms with E-state index in [1.54, 1.807) is 6.07 Å². The second-order valence-electron chi connectivity index (χ2n) is 5.32. The number of rotatable bonds is 3. The molecule has 1 nitrogen and oxygen atoms in total. The summed E-state index contributed by atoms with van der Waals surface area (Å²) >= 11 is 1.36. The van der Waals surface area contributed by atoms with Gasteiger partial charge in [-0.1, -0.05) is 29.8 Å². The SMILES string of the molecule is Cc1ccc(C)c(CC(=O)c2cc3ccc(F)cc3s2)c1. The smallest absolute Gasteiger partial charge is 0.177 e. The van der Waals surface area contributed by atoms with Crippen LogP contribution in [0.25, 0.3) is 10.1 Å². The molecule has 0 atom stereocenters. The van der Waals surface area contributed by atoms with E-state index in [4.69, 9.17) is 0 Å². The minimum absolute atomic E-state index is 0.0882. The van der Waals surface area contributed by atoms with Gasteiger partial charge in [0.2, 0.25) is 0 Å². The molecule has 0 amide bonds. The van der Waals surface area contributed by atoms with Crippen LogP contribution in [0.3, 0.4) is 0 Å². The third-order valence-corrected chi connectivity index (χ3v) is 4.75. The average Bonchev–Trinajstić information content (AvgIpc) is 2.86. The Balaban J connectivity index is 1.91. The van der Waals surface area contributed by atoms with Gasteiger partial charge in [-0.2, -0.15) is 0 Å². The normalized spacial score (nSPS) is 11.0. The van der Waals surface area contributed by atoms with Gasteiger partial charge in [0.05, 0.1) is 4.88 Å². The van der Waals surface area contributed by atoms with Gasteiger partial charge in [-0.3, -0.25) is 4.79 Å². The minimum Gasteiger partial charge on any atom is -0.293 e. The van der Waals surface area contributed by atoms with Gasteiger partial charge in [-0.25, -0.2) is 4.39 Å². The van der Waals surface area contributed by atoms with E-state index in [-0.39, 0.29) is 11.6 Å². The van der Waals surface area contributed by atoms with Gasteiger partial charge in [0, 0.05) is 11.1 Å². The van der Waals surface area contributed by atoms with Crippen LogP contribution in [0, 0.1) is 19.7 Å². The third kappa shape index (κ3) is 2.88. The first-order valence-corrected chi connectivity index (χ1v) is 7.63. The van der Waals surface area contributed by atoms with Crippen LogP contribution in [0.1, 0.15) is 26.4 Å². The van der Waals surface area contributed by atoms with E-state index in [9.17, 15) is 9.18 Å². The zero-order valence-electron chi connectivity index (χ0n) is 11.9. The largest absolute Gasteiger partial charge is 0.293 e. The summed E-state index contributed by atoms with van der Waals surface area (Å²) in [5, 5.41) is 0.922. The highest BCUT2D eigenvalue weighted by atomic mass is 32.1. The molecular weight excluding hydrogens is 283 g/mol. The van der Waals surface area contributed by atoms with Crippen molar-refractivity contribution in [3.63, 3.8) is 0 Å². The zero-order valence-corrected chi connectivity index (χ0v) is 12.8. The number of fused-ring (bicyclic) bond motifs is 1. The minimum atomic E-state index is -0.266. The van der Waals surface area contributed by atoms with Gasteiger partial charge >= 0.3 is 0 Å². The number of Topliss-reactive ketones (excluding diaryl/α,β-unsaturated/α-hetero) is 1. The lowest BCUT2D eigenvalue weighted by Gasteiger charge is -2.05. The number of benzene rings is 2. The van der Waals surface area contributed by atoms with Crippen LogP contribution in [0.2, 0.25) is 0 Å². The Kier molecular flexibility index (Phi) is 3.60. The lowest BCUT2D eigenvalue weighted by atomic mass is 10.0. The molecule has 0 unspecified atom stereocenters. The molecular formula is C18H15FOS. The quantitative estimate of drug-likeness (QED) is 0.616. The summed E-state index contributed by atoms with van der Waals surface area (Å²) in [6.07, 6.45) is 0.392. The first-order chi connectivity index (χ1) is 10.0. The predicted octanol–water partition coefficient (Wildman–Crippen LogP) is 5.08. The maximum Gasteiger partial charge on any atom is 0.177 e. The highest BCUT2D eigenvalue weighted by Crippen LogP contribution is 2.27. The summed E-state index contributed by atoms with van der Waals surface area (Å²) in [6.45, 7) is 4.04. The van der Waals surface area contributed by atoms with Gasteiger partial charge in [-0.05, 0) is 48.6 Å². The molecule has 3 aromatic rings. The van der Waals surface area contributed by atoms with Crippen molar-refractivity contribution in [2.75, 3.05) is 0 Å². The fourth-order valence-corrected chi connectivity index (χ4v) is 3.42. The summed E-state index contributed by atoms with van der Waals surface area (Å²) in [5.41, 5.74) is 3.34. The van der Waals surface area contributed by atoms with Gasteiger partial charge in [0.1, 0.15) is 5.82 Å². The van der Waals surface area contributed by atoms with E-state index >= 15 is 0 Å². The molecule has 0 spiro atoms. The maximum absolute atomic E-state index is 13.2. The van der Waals surface area contributed by atoms with E-state index < -0.39 is 0 Å². The van der Waals surface area contributed by atoms with E-state index in [0.29, 0.717) is 11.3 Å². The predicted molar refractivity (Wildman–Crippen MR) is 85.7 cm³/mol. The Morgan fingerprint density at radius 3 is 2.71 bits per heavy atom.